The van der Waals surface area contributed by atoms with Crippen LogP contribution in [0.25, 0.3) is 0 Å². The van der Waals surface area contributed by atoms with Crippen LogP contribution in [-0.2, 0) is 9.53 Å². The second-order valence-electron chi connectivity index (χ2n) is 5.26. The number of esters is 1. The van der Waals surface area contributed by atoms with Gasteiger partial charge < -0.3 is 10.1 Å². The standard InChI is InChI=1S/C16H33NO2/c1-3-4-5-6-7-8-9-10-11-12-14-17-15-13-16(18)19-2/h17H,3-15H2,1-2H3. The fraction of sp³-hybridized carbons (Fsp3) is 0.938. The van der Waals surface area contributed by atoms with Gasteiger partial charge in [0, 0.05) is 6.54 Å². The predicted octanol–water partition coefficient (Wildman–Crippen LogP) is 4.06. The largest absolute Gasteiger partial charge is 0.469 e. The average molecular weight is 271 g/mol. The van der Waals surface area contributed by atoms with Gasteiger partial charge in [0.2, 0.25) is 0 Å². The number of nitrogens with one attached hydrogen (secondary N) is 1. The van der Waals surface area contributed by atoms with Crippen LogP contribution >= 0.6 is 0 Å². The molecule has 0 amide bonds. The van der Waals surface area contributed by atoms with Crippen LogP contribution in [0.3, 0.4) is 0 Å². The van der Waals surface area contributed by atoms with Crippen LogP contribution < -0.4 is 5.32 Å². The van der Waals surface area contributed by atoms with Crippen molar-refractivity contribution in [1.82, 2.24) is 5.32 Å². The summed E-state index contributed by atoms with van der Waals surface area (Å²) in [4.78, 5) is 10.9. The highest BCUT2D eigenvalue weighted by Gasteiger charge is 1.98. The van der Waals surface area contributed by atoms with Crippen molar-refractivity contribution < 1.29 is 9.53 Å². The average Bonchev–Trinajstić information content (AvgIpc) is 2.43. The maximum absolute atomic E-state index is 10.9. The number of unbranched alkanes of at least 4 members (excludes halogenated alkanes) is 9. The highest BCUT2D eigenvalue weighted by molar-refractivity contribution is 5.69. The molecule has 1 N–H and O–H groups in total. The van der Waals surface area contributed by atoms with E-state index in [9.17, 15) is 4.79 Å². The van der Waals surface area contributed by atoms with Gasteiger partial charge in [-0.3, -0.25) is 4.79 Å². The first-order valence-corrected chi connectivity index (χ1v) is 8.08. The molecule has 3 heteroatoms. The van der Waals surface area contributed by atoms with Gasteiger partial charge in [0.25, 0.3) is 0 Å². The van der Waals surface area contributed by atoms with Gasteiger partial charge in [-0.1, -0.05) is 64.7 Å². The van der Waals surface area contributed by atoms with Crippen molar-refractivity contribution in [3.63, 3.8) is 0 Å². The van der Waals surface area contributed by atoms with E-state index in [4.69, 9.17) is 0 Å². The summed E-state index contributed by atoms with van der Waals surface area (Å²) in [6, 6.07) is 0. The quantitative estimate of drug-likeness (QED) is 0.382. The third-order valence-corrected chi connectivity index (χ3v) is 3.44. The Balaban J connectivity index is 2.97. The Hall–Kier alpha value is -0.570. The van der Waals surface area contributed by atoms with E-state index < -0.39 is 0 Å². The Morgan fingerprint density at radius 2 is 1.37 bits per heavy atom. The molecule has 0 aromatic rings. The molecular formula is C16H33NO2. The summed E-state index contributed by atoms with van der Waals surface area (Å²) in [5.41, 5.74) is 0. The maximum atomic E-state index is 10.9. The number of carbonyl (C=O) groups excluding carboxylic acids is 1. The second-order valence-corrected chi connectivity index (χ2v) is 5.26. The van der Waals surface area contributed by atoms with Gasteiger partial charge in [-0.2, -0.15) is 0 Å². The molecule has 0 aliphatic rings. The Morgan fingerprint density at radius 1 is 0.842 bits per heavy atom. The molecule has 0 aliphatic carbocycles. The zero-order valence-electron chi connectivity index (χ0n) is 13.0. The summed E-state index contributed by atoms with van der Waals surface area (Å²) >= 11 is 0. The molecule has 0 atom stereocenters. The molecule has 0 spiro atoms. The summed E-state index contributed by atoms with van der Waals surface area (Å²) in [5.74, 6) is -0.129. The Labute approximate surface area is 119 Å². The zero-order valence-corrected chi connectivity index (χ0v) is 13.0. The monoisotopic (exact) mass is 271 g/mol. The maximum Gasteiger partial charge on any atom is 0.306 e. The predicted molar refractivity (Wildman–Crippen MR) is 81.3 cm³/mol. The van der Waals surface area contributed by atoms with Gasteiger partial charge in [0.05, 0.1) is 13.5 Å². The molecule has 0 fully saturated rings. The SMILES string of the molecule is CCCCCCCCCCCCNCCC(=O)OC. The highest BCUT2D eigenvalue weighted by atomic mass is 16.5. The first-order valence-electron chi connectivity index (χ1n) is 8.08. The lowest BCUT2D eigenvalue weighted by Crippen LogP contribution is -2.19. The number of hydrogen-bond donors (Lipinski definition) is 1. The van der Waals surface area contributed by atoms with Gasteiger partial charge in [0.15, 0.2) is 0 Å². The highest BCUT2D eigenvalue weighted by Crippen LogP contribution is 2.10. The molecule has 0 aromatic carbocycles. The van der Waals surface area contributed by atoms with Crippen molar-refractivity contribution in [3.8, 4) is 0 Å². The van der Waals surface area contributed by atoms with E-state index in [0.29, 0.717) is 6.42 Å². The van der Waals surface area contributed by atoms with Crippen LogP contribution in [-0.4, -0.2) is 26.2 Å². The van der Waals surface area contributed by atoms with E-state index in [1.165, 1.54) is 71.3 Å². The first kappa shape index (κ1) is 18.4. The van der Waals surface area contributed by atoms with Crippen LogP contribution in [0, 0.1) is 0 Å². The van der Waals surface area contributed by atoms with E-state index in [0.717, 1.165) is 13.1 Å². The summed E-state index contributed by atoms with van der Waals surface area (Å²) in [5, 5.41) is 3.28. The van der Waals surface area contributed by atoms with Crippen molar-refractivity contribution in [3.05, 3.63) is 0 Å². The molecule has 0 saturated heterocycles. The normalized spacial score (nSPS) is 10.6. The molecule has 3 nitrogen and oxygen atoms in total. The van der Waals surface area contributed by atoms with Gasteiger partial charge >= 0.3 is 5.97 Å². The van der Waals surface area contributed by atoms with E-state index in [-0.39, 0.29) is 5.97 Å². The van der Waals surface area contributed by atoms with Gasteiger partial charge in [-0.25, -0.2) is 0 Å². The Kier molecular flexibility index (Phi) is 15.0. The van der Waals surface area contributed by atoms with Gasteiger partial charge in [0.1, 0.15) is 0 Å². The fourth-order valence-electron chi connectivity index (χ4n) is 2.15. The second kappa shape index (κ2) is 15.5. The van der Waals surface area contributed by atoms with Crippen molar-refractivity contribution >= 4 is 5.97 Å². The topological polar surface area (TPSA) is 38.3 Å². The van der Waals surface area contributed by atoms with E-state index >= 15 is 0 Å². The number of rotatable bonds is 14. The smallest absolute Gasteiger partial charge is 0.306 e. The molecule has 0 saturated carbocycles. The fourth-order valence-corrected chi connectivity index (χ4v) is 2.15. The molecule has 114 valence electrons. The minimum atomic E-state index is -0.129. The van der Waals surface area contributed by atoms with E-state index in [1.807, 2.05) is 0 Å². The van der Waals surface area contributed by atoms with Crippen LogP contribution in [0.2, 0.25) is 0 Å². The molecule has 0 radical (unpaired) electrons. The summed E-state index contributed by atoms with van der Waals surface area (Å²) < 4.78 is 4.58. The number of ether oxygens (including phenoxy) is 1. The lowest BCUT2D eigenvalue weighted by Gasteiger charge is -2.04. The minimum Gasteiger partial charge on any atom is -0.469 e. The van der Waals surface area contributed by atoms with E-state index in [1.54, 1.807) is 0 Å². The summed E-state index contributed by atoms with van der Waals surface area (Å²) in [6.45, 7) is 4.02. The number of carbonyl (C=O) groups is 1. The molecule has 0 rings (SSSR count). The van der Waals surface area contributed by atoms with Crippen LogP contribution in [0.15, 0.2) is 0 Å². The lowest BCUT2D eigenvalue weighted by molar-refractivity contribution is -0.140. The third kappa shape index (κ3) is 15.4. The number of hydrogen-bond acceptors (Lipinski definition) is 3. The minimum absolute atomic E-state index is 0.129. The summed E-state index contributed by atoms with van der Waals surface area (Å²) in [7, 11) is 1.44. The zero-order chi connectivity index (χ0) is 14.2. The molecule has 0 aliphatic heterocycles. The Morgan fingerprint density at radius 3 is 1.89 bits per heavy atom. The van der Waals surface area contributed by atoms with Gasteiger partial charge in [-0.15, -0.1) is 0 Å². The number of methoxy groups -OCH3 is 1. The van der Waals surface area contributed by atoms with Crippen molar-refractivity contribution in [2.75, 3.05) is 20.2 Å². The molecule has 0 unspecified atom stereocenters. The van der Waals surface area contributed by atoms with Gasteiger partial charge in [-0.05, 0) is 13.0 Å². The molecule has 0 heterocycles. The van der Waals surface area contributed by atoms with Crippen molar-refractivity contribution in [2.24, 2.45) is 0 Å². The third-order valence-electron chi connectivity index (χ3n) is 3.44. The van der Waals surface area contributed by atoms with Crippen LogP contribution in [0.4, 0.5) is 0 Å². The molecule has 19 heavy (non-hydrogen) atoms. The van der Waals surface area contributed by atoms with Crippen molar-refractivity contribution in [1.29, 1.82) is 0 Å². The molecular weight excluding hydrogens is 238 g/mol. The Bertz CT molecular complexity index is 195. The summed E-state index contributed by atoms with van der Waals surface area (Å²) in [6.07, 6.45) is 14.1. The van der Waals surface area contributed by atoms with Crippen LogP contribution in [0.5, 0.6) is 0 Å². The molecule has 0 bridgehead atoms. The van der Waals surface area contributed by atoms with Crippen molar-refractivity contribution in [2.45, 2.75) is 77.6 Å². The van der Waals surface area contributed by atoms with Crippen LogP contribution in [0.1, 0.15) is 77.6 Å². The lowest BCUT2D eigenvalue weighted by atomic mass is 10.1. The van der Waals surface area contributed by atoms with E-state index in [2.05, 4.69) is 17.0 Å². The first-order chi connectivity index (χ1) is 9.31. The molecule has 0 aromatic heterocycles.